The predicted molar refractivity (Wildman–Crippen MR) is 60.4 cm³/mol. The standard InChI is InChI=1S/C13H16O3/c1-9-3-4-11(7-10(9)2)13(5-6-16-13)8-12(14)15/h3-4,7H,5-6,8H2,1-2H3,(H,14,15). The number of ether oxygens (including phenoxy) is 1. The Labute approximate surface area is 95.0 Å². The normalized spacial score (nSPS) is 23.9. The monoisotopic (exact) mass is 220 g/mol. The highest BCUT2D eigenvalue weighted by Gasteiger charge is 2.42. The van der Waals surface area contributed by atoms with Crippen molar-refractivity contribution in [1.29, 1.82) is 0 Å². The van der Waals surface area contributed by atoms with Crippen LogP contribution in [-0.2, 0) is 15.1 Å². The first-order valence-electron chi connectivity index (χ1n) is 5.47. The molecule has 0 spiro atoms. The van der Waals surface area contributed by atoms with Gasteiger partial charge in [0.25, 0.3) is 0 Å². The van der Waals surface area contributed by atoms with E-state index in [2.05, 4.69) is 0 Å². The molecule has 1 atom stereocenters. The molecule has 0 bridgehead atoms. The summed E-state index contributed by atoms with van der Waals surface area (Å²) in [4.78, 5) is 10.9. The number of carbonyl (C=O) groups is 1. The first-order valence-corrected chi connectivity index (χ1v) is 5.47. The number of hydrogen-bond acceptors (Lipinski definition) is 2. The maximum atomic E-state index is 10.9. The van der Waals surface area contributed by atoms with E-state index in [1.807, 2.05) is 32.0 Å². The van der Waals surface area contributed by atoms with E-state index in [1.54, 1.807) is 0 Å². The Balaban J connectivity index is 2.33. The fraction of sp³-hybridized carbons (Fsp3) is 0.462. The van der Waals surface area contributed by atoms with E-state index >= 15 is 0 Å². The average molecular weight is 220 g/mol. The van der Waals surface area contributed by atoms with E-state index in [9.17, 15) is 4.79 Å². The van der Waals surface area contributed by atoms with Crippen LogP contribution in [0.4, 0.5) is 0 Å². The van der Waals surface area contributed by atoms with Crippen molar-refractivity contribution in [3.63, 3.8) is 0 Å². The maximum Gasteiger partial charge on any atom is 0.306 e. The number of aliphatic carboxylic acids is 1. The van der Waals surface area contributed by atoms with Crippen LogP contribution in [0.1, 0.15) is 29.5 Å². The van der Waals surface area contributed by atoms with Gasteiger partial charge in [0.1, 0.15) is 5.60 Å². The maximum absolute atomic E-state index is 10.9. The van der Waals surface area contributed by atoms with Crippen molar-refractivity contribution < 1.29 is 14.6 Å². The Morgan fingerprint density at radius 3 is 2.56 bits per heavy atom. The second-order valence-corrected chi connectivity index (χ2v) is 4.46. The SMILES string of the molecule is Cc1ccc(C2(CC(=O)O)CCO2)cc1C. The lowest BCUT2D eigenvalue weighted by atomic mass is 9.82. The summed E-state index contributed by atoms with van der Waals surface area (Å²) >= 11 is 0. The Bertz CT molecular complexity index is 419. The van der Waals surface area contributed by atoms with Crippen LogP contribution < -0.4 is 0 Å². The molecule has 86 valence electrons. The Morgan fingerprint density at radius 1 is 1.44 bits per heavy atom. The molecule has 0 saturated carbocycles. The lowest BCUT2D eigenvalue weighted by Gasteiger charge is -2.41. The van der Waals surface area contributed by atoms with Gasteiger partial charge in [-0.2, -0.15) is 0 Å². The molecule has 2 rings (SSSR count). The van der Waals surface area contributed by atoms with E-state index in [0.29, 0.717) is 6.61 Å². The quantitative estimate of drug-likeness (QED) is 0.850. The number of benzene rings is 1. The summed E-state index contributed by atoms with van der Waals surface area (Å²) in [5.74, 6) is -0.807. The highest BCUT2D eigenvalue weighted by atomic mass is 16.5. The van der Waals surface area contributed by atoms with Gasteiger partial charge in [-0.15, -0.1) is 0 Å². The molecule has 0 aliphatic carbocycles. The summed E-state index contributed by atoms with van der Waals surface area (Å²) in [7, 11) is 0. The molecule has 0 aromatic heterocycles. The van der Waals surface area contributed by atoms with Crippen LogP contribution in [0.15, 0.2) is 18.2 Å². The molecular weight excluding hydrogens is 204 g/mol. The first-order chi connectivity index (χ1) is 7.53. The molecule has 1 saturated heterocycles. The molecule has 1 aromatic carbocycles. The van der Waals surface area contributed by atoms with E-state index in [1.165, 1.54) is 11.1 Å². The van der Waals surface area contributed by atoms with Crippen molar-refractivity contribution in [2.75, 3.05) is 6.61 Å². The fourth-order valence-corrected chi connectivity index (χ4v) is 2.09. The van der Waals surface area contributed by atoms with Crippen LogP contribution in [0.25, 0.3) is 0 Å². The van der Waals surface area contributed by atoms with Gasteiger partial charge in [-0.1, -0.05) is 18.2 Å². The third kappa shape index (κ3) is 1.83. The summed E-state index contributed by atoms with van der Waals surface area (Å²) in [5.41, 5.74) is 2.81. The van der Waals surface area contributed by atoms with Gasteiger partial charge in [0.15, 0.2) is 0 Å². The van der Waals surface area contributed by atoms with E-state index < -0.39 is 11.6 Å². The minimum atomic E-state index is -0.807. The topological polar surface area (TPSA) is 46.5 Å². The van der Waals surface area contributed by atoms with Crippen molar-refractivity contribution in [2.45, 2.75) is 32.3 Å². The van der Waals surface area contributed by atoms with Gasteiger partial charge in [-0.05, 0) is 30.5 Å². The molecule has 1 fully saturated rings. The van der Waals surface area contributed by atoms with Crippen LogP contribution in [0, 0.1) is 13.8 Å². The average Bonchev–Trinajstić information content (AvgIpc) is 2.16. The third-order valence-electron chi connectivity index (χ3n) is 3.35. The highest BCUT2D eigenvalue weighted by molar-refractivity contribution is 5.69. The minimum absolute atomic E-state index is 0.0511. The van der Waals surface area contributed by atoms with E-state index in [-0.39, 0.29) is 6.42 Å². The molecule has 3 heteroatoms. The van der Waals surface area contributed by atoms with Crippen molar-refractivity contribution in [2.24, 2.45) is 0 Å². The summed E-state index contributed by atoms with van der Waals surface area (Å²) in [6.45, 7) is 4.73. The highest BCUT2D eigenvalue weighted by Crippen LogP contribution is 2.41. The van der Waals surface area contributed by atoms with Gasteiger partial charge in [0, 0.05) is 6.42 Å². The zero-order valence-corrected chi connectivity index (χ0v) is 9.62. The van der Waals surface area contributed by atoms with Gasteiger partial charge in [-0.25, -0.2) is 0 Å². The Hall–Kier alpha value is -1.35. The molecule has 16 heavy (non-hydrogen) atoms. The van der Waals surface area contributed by atoms with Crippen molar-refractivity contribution in [1.82, 2.24) is 0 Å². The zero-order chi connectivity index (χ0) is 11.8. The van der Waals surface area contributed by atoms with Crippen LogP contribution >= 0.6 is 0 Å². The lowest BCUT2D eigenvalue weighted by Crippen LogP contribution is -2.42. The van der Waals surface area contributed by atoms with Crippen LogP contribution in [0.2, 0.25) is 0 Å². The van der Waals surface area contributed by atoms with Gasteiger partial charge in [-0.3, -0.25) is 4.79 Å². The van der Waals surface area contributed by atoms with Crippen molar-refractivity contribution in [3.05, 3.63) is 34.9 Å². The fourth-order valence-electron chi connectivity index (χ4n) is 2.09. The van der Waals surface area contributed by atoms with Gasteiger partial charge < -0.3 is 9.84 Å². The predicted octanol–water partition coefficient (Wildman–Crippen LogP) is 2.39. The third-order valence-corrected chi connectivity index (χ3v) is 3.35. The number of aryl methyl sites for hydroxylation is 2. The smallest absolute Gasteiger partial charge is 0.306 e. The number of hydrogen-bond donors (Lipinski definition) is 1. The Morgan fingerprint density at radius 2 is 2.12 bits per heavy atom. The minimum Gasteiger partial charge on any atom is -0.481 e. The molecule has 1 heterocycles. The zero-order valence-electron chi connectivity index (χ0n) is 9.62. The van der Waals surface area contributed by atoms with Crippen molar-refractivity contribution in [3.8, 4) is 0 Å². The molecule has 1 unspecified atom stereocenters. The van der Waals surface area contributed by atoms with Crippen LogP contribution in [0.3, 0.4) is 0 Å². The molecule has 3 nitrogen and oxygen atoms in total. The second-order valence-electron chi connectivity index (χ2n) is 4.46. The molecular formula is C13H16O3. The molecule has 1 N–H and O–H groups in total. The van der Waals surface area contributed by atoms with E-state index in [4.69, 9.17) is 9.84 Å². The molecule has 1 aromatic rings. The van der Waals surface area contributed by atoms with Gasteiger partial charge >= 0.3 is 5.97 Å². The first kappa shape index (κ1) is 11.1. The summed E-state index contributed by atoms with van der Waals surface area (Å²) in [6.07, 6.45) is 0.845. The van der Waals surface area contributed by atoms with Crippen LogP contribution in [0.5, 0.6) is 0 Å². The molecule has 0 radical (unpaired) electrons. The van der Waals surface area contributed by atoms with Crippen LogP contribution in [-0.4, -0.2) is 17.7 Å². The van der Waals surface area contributed by atoms with Gasteiger partial charge in [0.2, 0.25) is 0 Å². The molecule has 0 amide bonds. The van der Waals surface area contributed by atoms with E-state index in [0.717, 1.165) is 12.0 Å². The summed E-state index contributed by atoms with van der Waals surface area (Å²) < 4.78 is 5.53. The number of rotatable bonds is 3. The number of carboxylic acid groups (broad SMARTS) is 1. The molecule has 1 aliphatic rings. The lowest BCUT2D eigenvalue weighted by molar-refractivity contribution is -0.176. The molecule has 1 aliphatic heterocycles. The summed E-state index contributed by atoms with van der Waals surface area (Å²) in [6, 6.07) is 6.04. The number of carboxylic acids is 1. The second kappa shape index (κ2) is 3.91. The largest absolute Gasteiger partial charge is 0.481 e. The van der Waals surface area contributed by atoms with Crippen molar-refractivity contribution >= 4 is 5.97 Å². The van der Waals surface area contributed by atoms with Gasteiger partial charge in [0.05, 0.1) is 13.0 Å². The summed E-state index contributed by atoms with van der Waals surface area (Å²) in [5, 5.41) is 8.92. The Kier molecular flexibility index (Phi) is 2.72.